The Morgan fingerprint density at radius 3 is 2.12 bits per heavy atom. The maximum Gasteiger partial charge on any atom is 0.387 e. The second kappa shape index (κ2) is 8.58. The average molecular weight is 348 g/mol. The van der Waals surface area contributed by atoms with Gasteiger partial charge in [0, 0.05) is 25.7 Å². The predicted molar refractivity (Wildman–Crippen MR) is 92.9 cm³/mol. The lowest BCUT2D eigenvalue weighted by Gasteiger charge is -2.14. The van der Waals surface area contributed by atoms with Crippen LogP contribution in [0, 0.1) is 13.8 Å². The van der Waals surface area contributed by atoms with E-state index in [1.165, 1.54) is 0 Å². The largest absolute Gasteiger partial charge is 0.434 e. The number of carbonyl (C=O) groups is 1. The summed E-state index contributed by atoms with van der Waals surface area (Å²) < 4.78 is 29.4. The first-order chi connectivity index (χ1) is 11.9. The Balaban J connectivity index is 1.94. The summed E-state index contributed by atoms with van der Waals surface area (Å²) in [5.74, 6) is 0.125. The Morgan fingerprint density at radius 2 is 1.60 bits per heavy atom. The highest BCUT2D eigenvalue weighted by Gasteiger charge is 2.11. The molecule has 0 spiro atoms. The lowest BCUT2D eigenvalue weighted by atomic mass is 10.1. The molecule has 0 fully saturated rings. The van der Waals surface area contributed by atoms with Crippen LogP contribution < -0.4 is 15.4 Å². The number of alkyl halides is 2. The van der Waals surface area contributed by atoms with Crippen LogP contribution in [0.25, 0.3) is 0 Å². The molecule has 0 heterocycles. The molecular formula is C19H22F2N2O2. The molecule has 0 saturated heterocycles. The molecule has 4 nitrogen and oxygen atoms in total. The van der Waals surface area contributed by atoms with Gasteiger partial charge in [-0.1, -0.05) is 24.3 Å². The topological polar surface area (TPSA) is 50.4 Å². The minimum Gasteiger partial charge on any atom is -0.434 e. The molecule has 0 aromatic heterocycles. The van der Waals surface area contributed by atoms with Crippen LogP contribution in [0.1, 0.15) is 32.6 Å². The molecule has 0 aliphatic heterocycles. The lowest BCUT2D eigenvalue weighted by Crippen LogP contribution is -2.18. The van der Waals surface area contributed by atoms with Gasteiger partial charge in [-0.2, -0.15) is 8.78 Å². The number of aryl methyl sites for hydroxylation is 2. The van der Waals surface area contributed by atoms with Crippen LogP contribution in [-0.2, 0) is 13.1 Å². The van der Waals surface area contributed by atoms with Crippen LogP contribution >= 0.6 is 0 Å². The number of rotatable bonds is 7. The molecule has 134 valence electrons. The molecule has 0 aliphatic carbocycles. The van der Waals surface area contributed by atoms with Gasteiger partial charge in [0.25, 0.3) is 5.91 Å². The van der Waals surface area contributed by atoms with Gasteiger partial charge in [0.2, 0.25) is 0 Å². The third-order valence-corrected chi connectivity index (χ3v) is 3.83. The number of benzene rings is 2. The van der Waals surface area contributed by atoms with Gasteiger partial charge < -0.3 is 15.4 Å². The van der Waals surface area contributed by atoms with Crippen LogP contribution in [0.15, 0.2) is 36.4 Å². The molecule has 1 amide bonds. The first-order valence-corrected chi connectivity index (χ1v) is 7.97. The standard InChI is InChI=1S/C19H22F2N2O2/c1-12-8-15(9-13(2)17(12)25-19(20)21)11-23-10-14-4-6-16(7-5-14)18(24)22-3/h4-9,19,23H,10-11H2,1-3H3,(H,22,24). The second-order valence-electron chi connectivity index (χ2n) is 5.82. The Labute approximate surface area is 146 Å². The first-order valence-electron chi connectivity index (χ1n) is 7.97. The number of carbonyl (C=O) groups excluding carboxylic acids is 1. The summed E-state index contributed by atoms with van der Waals surface area (Å²) in [4.78, 5) is 11.5. The molecular weight excluding hydrogens is 326 g/mol. The smallest absolute Gasteiger partial charge is 0.387 e. The summed E-state index contributed by atoms with van der Waals surface area (Å²) in [5.41, 5.74) is 4.04. The van der Waals surface area contributed by atoms with Crippen molar-refractivity contribution >= 4 is 5.91 Å². The predicted octanol–water partition coefficient (Wildman–Crippen LogP) is 3.55. The Bertz CT molecular complexity index is 708. The van der Waals surface area contributed by atoms with Gasteiger partial charge in [-0.3, -0.25) is 4.79 Å². The van der Waals surface area contributed by atoms with E-state index in [0.717, 1.165) is 11.1 Å². The van der Waals surface area contributed by atoms with E-state index in [2.05, 4.69) is 15.4 Å². The van der Waals surface area contributed by atoms with E-state index < -0.39 is 6.61 Å². The average Bonchev–Trinajstić information content (AvgIpc) is 2.58. The Hall–Kier alpha value is -2.47. The number of amides is 1. The monoisotopic (exact) mass is 348 g/mol. The molecule has 0 radical (unpaired) electrons. The normalized spacial score (nSPS) is 10.8. The molecule has 0 unspecified atom stereocenters. The summed E-state index contributed by atoms with van der Waals surface area (Å²) in [7, 11) is 1.60. The third kappa shape index (κ3) is 5.26. The minimum atomic E-state index is -2.82. The Morgan fingerprint density at radius 1 is 1.04 bits per heavy atom. The van der Waals surface area contributed by atoms with E-state index >= 15 is 0 Å². The van der Waals surface area contributed by atoms with Crippen LogP contribution in [0.2, 0.25) is 0 Å². The molecule has 2 N–H and O–H groups in total. The van der Waals surface area contributed by atoms with E-state index in [9.17, 15) is 13.6 Å². The fraction of sp³-hybridized carbons (Fsp3) is 0.316. The van der Waals surface area contributed by atoms with E-state index in [0.29, 0.717) is 29.8 Å². The van der Waals surface area contributed by atoms with Crippen molar-refractivity contribution in [2.24, 2.45) is 0 Å². The van der Waals surface area contributed by atoms with Gasteiger partial charge >= 0.3 is 6.61 Å². The number of hydrogen-bond donors (Lipinski definition) is 2. The molecule has 6 heteroatoms. The molecule has 0 atom stereocenters. The highest BCUT2D eigenvalue weighted by molar-refractivity contribution is 5.93. The van der Waals surface area contributed by atoms with Crippen molar-refractivity contribution in [1.29, 1.82) is 0 Å². The summed E-state index contributed by atoms with van der Waals surface area (Å²) in [6.45, 7) is 1.94. The fourth-order valence-corrected chi connectivity index (χ4v) is 2.69. The summed E-state index contributed by atoms with van der Waals surface area (Å²) >= 11 is 0. The van der Waals surface area contributed by atoms with Gasteiger partial charge in [0.05, 0.1) is 0 Å². The second-order valence-corrected chi connectivity index (χ2v) is 5.82. The van der Waals surface area contributed by atoms with Crippen molar-refractivity contribution in [3.63, 3.8) is 0 Å². The molecule has 0 saturated carbocycles. The van der Waals surface area contributed by atoms with Crippen molar-refractivity contribution in [2.45, 2.75) is 33.5 Å². The van der Waals surface area contributed by atoms with E-state index in [-0.39, 0.29) is 11.7 Å². The van der Waals surface area contributed by atoms with Gasteiger partial charge in [-0.25, -0.2) is 0 Å². The van der Waals surface area contributed by atoms with Gasteiger partial charge in [0.1, 0.15) is 5.75 Å². The molecule has 0 bridgehead atoms. The van der Waals surface area contributed by atoms with Crippen molar-refractivity contribution in [1.82, 2.24) is 10.6 Å². The molecule has 0 aliphatic rings. The Kier molecular flexibility index (Phi) is 6.47. The highest BCUT2D eigenvalue weighted by Crippen LogP contribution is 2.26. The third-order valence-electron chi connectivity index (χ3n) is 3.83. The quantitative estimate of drug-likeness (QED) is 0.804. The van der Waals surface area contributed by atoms with Crippen LogP contribution in [0.5, 0.6) is 5.75 Å². The van der Waals surface area contributed by atoms with Crippen molar-refractivity contribution in [2.75, 3.05) is 7.05 Å². The number of halogens is 2. The van der Waals surface area contributed by atoms with Crippen molar-refractivity contribution in [3.05, 3.63) is 64.2 Å². The molecule has 2 rings (SSSR count). The van der Waals surface area contributed by atoms with Gasteiger partial charge in [-0.05, 0) is 48.2 Å². The fourth-order valence-electron chi connectivity index (χ4n) is 2.69. The summed E-state index contributed by atoms with van der Waals surface area (Å²) in [6.07, 6.45) is 0. The number of ether oxygens (including phenoxy) is 1. The minimum absolute atomic E-state index is 0.114. The van der Waals surface area contributed by atoms with Gasteiger partial charge in [-0.15, -0.1) is 0 Å². The van der Waals surface area contributed by atoms with Crippen molar-refractivity contribution < 1.29 is 18.3 Å². The van der Waals surface area contributed by atoms with Crippen LogP contribution in [0.3, 0.4) is 0 Å². The van der Waals surface area contributed by atoms with Crippen LogP contribution in [-0.4, -0.2) is 19.6 Å². The van der Waals surface area contributed by atoms with E-state index in [4.69, 9.17) is 0 Å². The van der Waals surface area contributed by atoms with E-state index in [1.807, 2.05) is 24.3 Å². The van der Waals surface area contributed by atoms with Gasteiger partial charge in [0.15, 0.2) is 0 Å². The maximum atomic E-state index is 12.4. The zero-order chi connectivity index (χ0) is 18.4. The maximum absolute atomic E-state index is 12.4. The van der Waals surface area contributed by atoms with Crippen molar-refractivity contribution in [3.8, 4) is 5.75 Å². The SMILES string of the molecule is CNC(=O)c1ccc(CNCc2cc(C)c(OC(F)F)c(C)c2)cc1. The summed E-state index contributed by atoms with van der Waals surface area (Å²) in [5, 5.41) is 5.89. The highest BCUT2D eigenvalue weighted by atomic mass is 19.3. The zero-order valence-electron chi connectivity index (χ0n) is 14.5. The lowest BCUT2D eigenvalue weighted by molar-refractivity contribution is -0.0507. The van der Waals surface area contributed by atoms with E-state index in [1.54, 1.807) is 33.0 Å². The first kappa shape index (κ1) is 18.9. The number of hydrogen-bond acceptors (Lipinski definition) is 3. The molecule has 2 aromatic rings. The van der Waals surface area contributed by atoms with Crippen LogP contribution in [0.4, 0.5) is 8.78 Å². The number of nitrogens with one attached hydrogen (secondary N) is 2. The summed E-state index contributed by atoms with van der Waals surface area (Å²) in [6, 6.07) is 11.0. The zero-order valence-corrected chi connectivity index (χ0v) is 14.5. The molecule has 2 aromatic carbocycles. The molecule has 25 heavy (non-hydrogen) atoms.